The Labute approximate surface area is 187 Å². The van der Waals surface area contributed by atoms with Crippen LogP contribution >= 0.6 is 0 Å². The molecule has 0 bridgehead atoms. The maximum Gasteiger partial charge on any atom is 0.409 e. The van der Waals surface area contributed by atoms with E-state index in [2.05, 4.69) is 24.3 Å². The van der Waals surface area contributed by atoms with Crippen molar-refractivity contribution in [2.24, 2.45) is 0 Å². The number of piperidine rings is 1. The molecular formula is C27H25NO4. The molecule has 1 amide bonds. The smallest absolute Gasteiger partial charge is 0.409 e. The van der Waals surface area contributed by atoms with Gasteiger partial charge in [0.05, 0.1) is 5.56 Å². The Balaban J connectivity index is 1.23. The van der Waals surface area contributed by atoms with Crippen LogP contribution in [0.5, 0.6) is 0 Å². The maximum absolute atomic E-state index is 12.8. The fourth-order valence-corrected chi connectivity index (χ4v) is 5.11. The number of likely N-dealkylation sites (tertiary alicyclic amines) is 1. The number of aromatic carboxylic acids is 1. The van der Waals surface area contributed by atoms with Crippen molar-refractivity contribution in [1.29, 1.82) is 0 Å². The normalized spacial score (nSPS) is 15.8. The topological polar surface area (TPSA) is 66.8 Å². The van der Waals surface area contributed by atoms with E-state index in [4.69, 9.17) is 4.74 Å². The Hall–Kier alpha value is -3.60. The first-order valence-electron chi connectivity index (χ1n) is 11.1. The van der Waals surface area contributed by atoms with Gasteiger partial charge in [0, 0.05) is 19.0 Å². The minimum atomic E-state index is -0.903. The number of amides is 1. The van der Waals surface area contributed by atoms with Crippen molar-refractivity contribution in [2.75, 3.05) is 19.7 Å². The SMILES string of the molecule is O=C(O)c1ccccc1C1CCN(C(=O)OCC2c3ccccc3-c3ccccc32)CC1. The van der Waals surface area contributed by atoms with Crippen LogP contribution in [-0.4, -0.2) is 41.8 Å². The molecule has 5 heteroatoms. The second kappa shape index (κ2) is 8.50. The first-order chi connectivity index (χ1) is 15.6. The number of fused-ring (bicyclic) bond motifs is 3. The second-order valence-electron chi connectivity index (χ2n) is 8.46. The van der Waals surface area contributed by atoms with Crippen molar-refractivity contribution in [1.82, 2.24) is 4.90 Å². The Morgan fingerprint density at radius 3 is 1.94 bits per heavy atom. The standard InChI is InChI=1S/C27H25NO4/c29-26(30)24-12-6-1-7-19(24)18-13-15-28(16-14-18)27(31)32-17-25-22-10-4-2-8-20(22)21-9-3-5-11-23(21)25/h1-12,18,25H,13-17H2,(H,29,30). The highest BCUT2D eigenvalue weighted by Gasteiger charge is 2.31. The van der Waals surface area contributed by atoms with E-state index in [0.717, 1.165) is 18.4 Å². The van der Waals surface area contributed by atoms with E-state index >= 15 is 0 Å². The molecule has 0 atom stereocenters. The summed E-state index contributed by atoms with van der Waals surface area (Å²) in [5.74, 6) is -0.717. The first kappa shape index (κ1) is 20.3. The summed E-state index contributed by atoms with van der Waals surface area (Å²) in [6.45, 7) is 1.44. The molecule has 5 rings (SSSR count). The molecule has 5 nitrogen and oxygen atoms in total. The molecule has 32 heavy (non-hydrogen) atoms. The van der Waals surface area contributed by atoms with Crippen LogP contribution < -0.4 is 0 Å². The lowest BCUT2D eigenvalue weighted by Gasteiger charge is -2.32. The van der Waals surface area contributed by atoms with E-state index in [-0.39, 0.29) is 17.9 Å². The molecule has 1 saturated heterocycles. The van der Waals surface area contributed by atoms with Gasteiger partial charge in [-0.15, -0.1) is 0 Å². The molecule has 1 aliphatic carbocycles. The summed E-state index contributed by atoms with van der Waals surface area (Å²) in [7, 11) is 0. The zero-order chi connectivity index (χ0) is 22.1. The number of hydrogen-bond donors (Lipinski definition) is 1. The lowest BCUT2D eigenvalue weighted by Crippen LogP contribution is -2.39. The molecule has 1 aliphatic heterocycles. The molecule has 0 unspecified atom stereocenters. The number of carbonyl (C=O) groups excluding carboxylic acids is 1. The number of hydrogen-bond acceptors (Lipinski definition) is 3. The highest BCUT2D eigenvalue weighted by Crippen LogP contribution is 2.44. The molecule has 2 aliphatic rings. The van der Waals surface area contributed by atoms with Gasteiger partial charge in [-0.25, -0.2) is 9.59 Å². The van der Waals surface area contributed by atoms with E-state index < -0.39 is 5.97 Å². The monoisotopic (exact) mass is 427 g/mol. The number of carboxylic acid groups (broad SMARTS) is 1. The second-order valence-corrected chi connectivity index (χ2v) is 8.46. The van der Waals surface area contributed by atoms with Gasteiger partial charge in [-0.1, -0.05) is 66.7 Å². The van der Waals surface area contributed by atoms with Crippen LogP contribution in [0.1, 0.15) is 51.7 Å². The van der Waals surface area contributed by atoms with Gasteiger partial charge < -0.3 is 14.7 Å². The summed E-state index contributed by atoms with van der Waals surface area (Å²) in [6, 6.07) is 23.8. The summed E-state index contributed by atoms with van der Waals surface area (Å²) in [5, 5.41) is 9.47. The molecule has 0 saturated carbocycles. The highest BCUT2D eigenvalue weighted by molar-refractivity contribution is 5.89. The van der Waals surface area contributed by atoms with Crippen molar-refractivity contribution in [2.45, 2.75) is 24.7 Å². The fraction of sp³-hybridized carbons (Fsp3) is 0.259. The molecule has 0 radical (unpaired) electrons. The first-order valence-corrected chi connectivity index (χ1v) is 11.1. The number of carbonyl (C=O) groups is 2. The van der Waals surface area contributed by atoms with Gasteiger partial charge in [-0.05, 0) is 52.6 Å². The summed E-state index contributed by atoms with van der Waals surface area (Å²) in [6.07, 6.45) is 1.17. The van der Waals surface area contributed by atoms with Gasteiger partial charge in [-0.3, -0.25) is 0 Å². The van der Waals surface area contributed by atoms with Crippen molar-refractivity contribution in [3.63, 3.8) is 0 Å². The molecule has 0 aromatic heterocycles. The van der Waals surface area contributed by atoms with E-state index in [9.17, 15) is 14.7 Å². The quantitative estimate of drug-likeness (QED) is 0.596. The van der Waals surface area contributed by atoms with E-state index in [1.807, 2.05) is 36.4 Å². The van der Waals surface area contributed by atoms with Crippen LogP contribution in [-0.2, 0) is 4.74 Å². The maximum atomic E-state index is 12.8. The van der Waals surface area contributed by atoms with E-state index in [0.29, 0.717) is 25.3 Å². The minimum absolute atomic E-state index is 0.0475. The predicted molar refractivity (Wildman–Crippen MR) is 122 cm³/mol. The summed E-state index contributed by atoms with van der Waals surface area (Å²) >= 11 is 0. The van der Waals surface area contributed by atoms with Crippen LogP contribution in [0.25, 0.3) is 11.1 Å². The molecular weight excluding hydrogens is 402 g/mol. The molecule has 0 spiro atoms. The number of carboxylic acids is 1. The number of nitrogens with zero attached hydrogens (tertiary/aromatic N) is 1. The molecule has 3 aromatic rings. The Morgan fingerprint density at radius 2 is 1.34 bits per heavy atom. The van der Waals surface area contributed by atoms with E-state index in [1.54, 1.807) is 17.0 Å². The average molecular weight is 428 g/mol. The van der Waals surface area contributed by atoms with Crippen molar-refractivity contribution >= 4 is 12.1 Å². The van der Waals surface area contributed by atoms with Crippen LogP contribution in [0, 0.1) is 0 Å². The molecule has 1 heterocycles. The summed E-state index contributed by atoms with van der Waals surface area (Å²) in [4.78, 5) is 26.1. The van der Waals surface area contributed by atoms with Gasteiger partial charge in [0.15, 0.2) is 0 Å². The third kappa shape index (κ3) is 3.64. The Bertz CT molecular complexity index is 1120. The Morgan fingerprint density at radius 1 is 0.812 bits per heavy atom. The summed E-state index contributed by atoms with van der Waals surface area (Å²) in [5.41, 5.74) is 6.03. The predicted octanol–water partition coefficient (Wildman–Crippen LogP) is 5.51. The van der Waals surface area contributed by atoms with Crippen LogP contribution in [0.15, 0.2) is 72.8 Å². The van der Waals surface area contributed by atoms with Gasteiger partial charge in [-0.2, -0.15) is 0 Å². The number of rotatable bonds is 4. The average Bonchev–Trinajstić information content (AvgIpc) is 3.16. The zero-order valence-electron chi connectivity index (χ0n) is 17.7. The number of benzene rings is 3. The number of ether oxygens (including phenoxy) is 1. The minimum Gasteiger partial charge on any atom is -0.478 e. The van der Waals surface area contributed by atoms with E-state index in [1.165, 1.54) is 22.3 Å². The Kier molecular flexibility index (Phi) is 5.39. The van der Waals surface area contributed by atoms with Crippen LogP contribution in [0.4, 0.5) is 4.79 Å². The molecule has 162 valence electrons. The van der Waals surface area contributed by atoms with Crippen molar-refractivity contribution in [3.8, 4) is 11.1 Å². The third-order valence-corrected chi connectivity index (χ3v) is 6.72. The molecule has 1 N–H and O–H groups in total. The zero-order valence-corrected chi connectivity index (χ0v) is 17.7. The largest absolute Gasteiger partial charge is 0.478 e. The lowest BCUT2D eigenvalue weighted by atomic mass is 9.86. The van der Waals surface area contributed by atoms with Crippen LogP contribution in [0.2, 0.25) is 0 Å². The van der Waals surface area contributed by atoms with Gasteiger partial charge in [0.25, 0.3) is 0 Å². The summed E-state index contributed by atoms with van der Waals surface area (Å²) < 4.78 is 5.77. The highest BCUT2D eigenvalue weighted by atomic mass is 16.6. The van der Waals surface area contributed by atoms with Gasteiger partial charge in [0.2, 0.25) is 0 Å². The molecule has 3 aromatic carbocycles. The third-order valence-electron chi connectivity index (χ3n) is 6.72. The fourth-order valence-electron chi connectivity index (χ4n) is 5.11. The van der Waals surface area contributed by atoms with Crippen LogP contribution in [0.3, 0.4) is 0 Å². The van der Waals surface area contributed by atoms with Crippen molar-refractivity contribution < 1.29 is 19.4 Å². The van der Waals surface area contributed by atoms with Crippen molar-refractivity contribution in [3.05, 3.63) is 95.1 Å². The lowest BCUT2D eigenvalue weighted by molar-refractivity contribution is 0.0691. The van der Waals surface area contributed by atoms with Gasteiger partial charge in [0.1, 0.15) is 6.61 Å². The molecule has 1 fully saturated rings. The van der Waals surface area contributed by atoms with Gasteiger partial charge >= 0.3 is 12.1 Å².